The van der Waals surface area contributed by atoms with E-state index < -0.39 is 23.0 Å². The van der Waals surface area contributed by atoms with Gasteiger partial charge in [-0.1, -0.05) is 73.6 Å². The maximum atomic E-state index is 11.4. The Morgan fingerprint density at radius 3 is 1.38 bits per heavy atom. The van der Waals surface area contributed by atoms with Gasteiger partial charge in [-0.25, -0.2) is 0 Å². The maximum absolute atomic E-state index is 11.4. The summed E-state index contributed by atoms with van der Waals surface area (Å²) in [6, 6.07) is 5.54. The van der Waals surface area contributed by atoms with E-state index in [1.54, 1.807) is 24.3 Å². The number of aromatic nitrogens is 1. The molecule has 4 atom stereocenters. The van der Waals surface area contributed by atoms with Gasteiger partial charge in [0.2, 0.25) is 0 Å². The van der Waals surface area contributed by atoms with Crippen molar-refractivity contribution >= 4 is 11.4 Å². The third kappa shape index (κ3) is 4.64. The number of nitrogens with zero attached hydrogens (tertiary/aromatic N) is 1. The van der Waals surface area contributed by atoms with Gasteiger partial charge in [0.05, 0.1) is 11.4 Å². The summed E-state index contributed by atoms with van der Waals surface area (Å²) in [5.74, 6) is -0.936. The lowest BCUT2D eigenvalue weighted by Gasteiger charge is -2.37. The van der Waals surface area contributed by atoms with Gasteiger partial charge in [-0.2, -0.15) is 0 Å². The van der Waals surface area contributed by atoms with E-state index in [1.165, 1.54) is 0 Å². The molecule has 1 aromatic heterocycles. The van der Waals surface area contributed by atoms with E-state index in [0.29, 0.717) is 11.4 Å². The topological polar surface area (TPSA) is 101 Å². The Morgan fingerprint density at radius 2 is 1.09 bits per heavy atom. The fourth-order valence-corrected chi connectivity index (χ4v) is 4.34. The zero-order valence-corrected chi connectivity index (χ0v) is 21.7. The minimum absolute atomic E-state index is 0.115. The van der Waals surface area contributed by atoms with Crippen LogP contribution in [0, 0.1) is 21.6 Å². The van der Waals surface area contributed by atoms with Crippen molar-refractivity contribution in [3.05, 3.63) is 77.2 Å². The van der Waals surface area contributed by atoms with E-state index in [4.69, 9.17) is 15.8 Å². The molecule has 0 radical (unpaired) electrons. The quantitative estimate of drug-likeness (QED) is 0.451. The highest BCUT2D eigenvalue weighted by molar-refractivity contribution is 6.04. The number of aliphatic hydroxyl groups is 2. The molecule has 34 heavy (non-hydrogen) atoms. The summed E-state index contributed by atoms with van der Waals surface area (Å²) in [7, 11) is 0. The highest BCUT2D eigenvalue weighted by Gasteiger charge is 2.42. The highest BCUT2D eigenvalue weighted by atomic mass is 16.3. The Bertz CT molecular complexity index is 1040. The molecule has 1 heterocycles. The van der Waals surface area contributed by atoms with Gasteiger partial charge in [0.1, 0.15) is 11.2 Å². The lowest BCUT2D eigenvalue weighted by atomic mass is 9.73. The first-order valence-electron chi connectivity index (χ1n) is 11.9. The largest absolute Gasteiger partial charge is 0.379 e. The van der Waals surface area contributed by atoms with Gasteiger partial charge in [-0.15, -0.1) is 0 Å². The zero-order valence-electron chi connectivity index (χ0n) is 21.7. The van der Waals surface area contributed by atoms with Gasteiger partial charge in [-0.3, -0.25) is 4.98 Å². The van der Waals surface area contributed by atoms with E-state index in [1.807, 2.05) is 44.2 Å². The van der Waals surface area contributed by atoms with E-state index >= 15 is 0 Å². The molecule has 182 valence electrons. The van der Waals surface area contributed by atoms with Crippen LogP contribution in [0.4, 0.5) is 0 Å². The molecular formula is C29H39N3O2. The SMILES string of the molecule is CC(c1cccc(C(C)C2(O)C=CC(C(C)(C)C)=CC2=N)n1)C1(O)C=CC(C(C)(C)C)=CC1=N. The summed E-state index contributed by atoms with van der Waals surface area (Å²) in [6.45, 7) is 16.2. The third-order valence-electron chi connectivity index (χ3n) is 7.23. The third-order valence-corrected chi connectivity index (χ3v) is 7.23. The molecule has 4 unspecified atom stereocenters. The molecule has 2 aliphatic rings. The molecule has 0 spiro atoms. The molecule has 0 saturated heterocycles. The van der Waals surface area contributed by atoms with Crippen LogP contribution in [0.25, 0.3) is 0 Å². The lowest BCUT2D eigenvalue weighted by Crippen LogP contribution is -2.44. The summed E-state index contributed by atoms with van der Waals surface area (Å²) < 4.78 is 0. The van der Waals surface area contributed by atoms with Crippen molar-refractivity contribution in [3.8, 4) is 0 Å². The van der Waals surface area contributed by atoms with Gasteiger partial charge in [-0.05, 0) is 58.4 Å². The number of rotatable bonds is 4. The smallest absolute Gasteiger partial charge is 0.132 e. The van der Waals surface area contributed by atoms with Crippen LogP contribution in [-0.2, 0) is 0 Å². The number of hydrogen-bond acceptors (Lipinski definition) is 5. The molecule has 0 fully saturated rings. The maximum Gasteiger partial charge on any atom is 0.132 e. The van der Waals surface area contributed by atoms with Gasteiger partial charge in [0.25, 0.3) is 0 Å². The molecule has 0 aromatic carbocycles. The second-order valence-corrected chi connectivity index (χ2v) is 11.8. The Morgan fingerprint density at radius 1 is 0.735 bits per heavy atom. The highest BCUT2D eigenvalue weighted by Crippen LogP contribution is 2.39. The van der Waals surface area contributed by atoms with Crippen molar-refractivity contribution in [3.63, 3.8) is 0 Å². The summed E-state index contributed by atoms with van der Waals surface area (Å²) in [4.78, 5) is 4.80. The molecule has 5 heteroatoms. The van der Waals surface area contributed by atoms with Crippen LogP contribution in [0.1, 0.15) is 78.6 Å². The number of allylic oxidation sites excluding steroid dienone is 4. The standard InChI is InChI=1S/C29H39N3O2/c1-18(28(33)14-12-20(16-24(28)30)26(3,4)5)22-10-9-11-23(32-22)19(2)29(34)15-13-21(17-25(29)31)27(6,7)8/h9-19,30-31,33-34H,1-8H3. The number of pyridine rings is 1. The van der Waals surface area contributed by atoms with Crippen LogP contribution in [0.15, 0.2) is 65.8 Å². The van der Waals surface area contributed by atoms with Gasteiger partial charge >= 0.3 is 0 Å². The van der Waals surface area contributed by atoms with Gasteiger partial charge in [0.15, 0.2) is 0 Å². The summed E-state index contributed by atoms with van der Waals surface area (Å²) in [5, 5.41) is 40.0. The van der Waals surface area contributed by atoms with Crippen molar-refractivity contribution in [1.82, 2.24) is 4.98 Å². The van der Waals surface area contributed by atoms with Crippen LogP contribution in [-0.4, -0.2) is 37.8 Å². The van der Waals surface area contributed by atoms with Crippen molar-refractivity contribution in [2.24, 2.45) is 10.8 Å². The molecule has 5 nitrogen and oxygen atoms in total. The molecular weight excluding hydrogens is 422 g/mol. The first-order chi connectivity index (χ1) is 15.5. The van der Waals surface area contributed by atoms with Crippen molar-refractivity contribution < 1.29 is 10.2 Å². The van der Waals surface area contributed by atoms with E-state index in [0.717, 1.165) is 11.1 Å². The molecule has 2 aliphatic carbocycles. The minimum atomic E-state index is -1.47. The lowest BCUT2D eigenvalue weighted by molar-refractivity contribution is 0.130. The molecule has 1 aromatic rings. The van der Waals surface area contributed by atoms with Gasteiger partial charge < -0.3 is 21.0 Å². The molecule has 0 saturated carbocycles. The van der Waals surface area contributed by atoms with Crippen LogP contribution >= 0.6 is 0 Å². The van der Waals surface area contributed by atoms with E-state index in [2.05, 4.69) is 41.5 Å². The van der Waals surface area contributed by atoms with Crippen molar-refractivity contribution in [1.29, 1.82) is 10.8 Å². The first kappa shape index (κ1) is 26.0. The second-order valence-electron chi connectivity index (χ2n) is 11.8. The fraction of sp³-hybridized carbons (Fsp3) is 0.483. The van der Waals surface area contributed by atoms with Crippen molar-refractivity contribution in [2.75, 3.05) is 0 Å². The average Bonchev–Trinajstić information content (AvgIpc) is 2.75. The zero-order chi connectivity index (χ0) is 25.7. The van der Waals surface area contributed by atoms with Crippen molar-refractivity contribution in [2.45, 2.75) is 78.4 Å². The predicted octanol–water partition coefficient (Wildman–Crippen LogP) is 5.87. The van der Waals surface area contributed by atoms with E-state index in [9.17, 15) is 10.2 Å². The monoisotopic (exact) mass is 461 g/mol. The molecule has 0 aliphatic heterocycles. The average molecular weight is 462 g/mol. The normalized spacial score (nSPS) is 27.4. The number of nitrogens with one attached hydrogen (secondary N) is 2. The number of hydrogen-bond donors (Lipinski definition) is 4. The second kappa shape index (κ2) is 8.54. The predicted molar refractivity (Wildman–Crippen MR) is 140 cm³/mol. The Kier molecular flexibility index (Phi) is 6.53. The van der Waals surface area contributed by atoms with Crippen LogP contribution in [0.2, 0.25) is 0 Å². The molecule has 4 N–H and O–H groups in total. The van der Waals surface area contributed by atoms with E-state index in [-0.39, 0.29) is 22.3 Å². The first-order valence-corrected chi connectivity index (χ1v) is 11.9. The summed E-state index contributed by atoms with van der Waals surface area (Å²) >= 11 is 0. The molecule has 3 rings (SSSR count). The minimum Gasteiger partial charge on any atom is -0.379 e. The molecule has 0 bridgehead atoms. The van der Waals surface area contributed by atoms with Gasteiger partial charge in [0, 0.05) is 23.2 Å². The summed E-state index contributed by atoms with van der Waals surface area (Å²) in [6.07, 6.45) is 10.7. The Balaban J connectivity index is 1.90. The summed E-state index contributed by atoms with van der Waals surface area (Å²) in [5.41, 5.74) is 0.376. The Labute approximate surface area is 204 Å². The van der Waals surface area contributed by atoms with Crippen LogP contribution < -0.4 is 0 Å². The fourth-order valence-electron chi connectivity index (χ4n) is 4.34. The van der Waals surface area contributed by atoms with Crippen LogP contribution in [0.5, 0.6) is 0 Å². The molecule has 0 amide bonds. The van der Waals surface area contributed by atoms with Crippen LogP contribution in [0.3, 0.4) is 0 Å². The Hall–Kier alpha value is -2.63.